The average molecular weight is 632 g/mol. The van der Waals surface area contributed by atoms with Crippen molar-refractivity contribution >= 4 is 12.2 Å². The Morgan fingerprint density at radius 3 is 1.73 bits per heavy atom. The molecule has 1 heterocycles. The Balaban J connectivity index is 0.0000152. The molecule has 40 heavy (non-hydrogen) atoms. The molecule has 0 aliphatic carbocycles. The molecule has 0 saturated carbocycles. The Hall–Kier alpha value is -1.87. The molecule has 8 nitrogen and oxygen atoms in total. The third-order valence-corrected chi connectivity index (χ3v) is 6.77. The number of nitrogens with zero attached hydrogens (tertiary/aromatic N) is 1. The summed E-state index contributed by atoms with van der Waals surface area (Å²) in [5, 5.41) is 2.77. The first-order chi connectivity index (χ1) is 19.2. The number of carbonyl (C=O) groups is 2. The average Bonchev–Trinajstić information content (AvgIpc) is 2.95. The van der Waals surface area contributed by atoms with Crippen LogP contribution < -0.4 is 26.9 Å². The molecule has 232 valence electrons. The van der Waals surface area contributed by atoms with Gasteiger partial charge in [-0.15, -0.1) is 0 Å². The summed E-state index contributed by atoms with van der Waals surface area (Å²) in [6, 6.07) is 5.72. The van der Waals surface area contributed by atoms with Gasteiger partial charge in [0, 0.05) is 25.8 Å². The third kappa shape index (κ3) is 24.0. The number of pyridine rings is 1. The minimum absolute atomic E-state index is 0. The van der Waals surface area contributed by atoms with Gasteiger partial charge in [0.15, 0.2) is 25.5 Å². The highest BCUT2D eigenvalue weighted by atomic mass is 79.9. The van der Waals surface area contributed by atoms with Crippen molar-refractivity contribution in [1.82, 2.24) is 5.32 Å². The standard InChI is InChI=1S/C31H54N2O6.BrH/c1-3-4-5-6-7-8-9-10-11-12-13-14-15-16-17-19-22-32-30(34)38-27-29(36-2)28-39-31(35)37-26-25-33-23-20-18-21-24-33;/h18,20-21,23-24,29H,3-17,19,22,25-28H2,1-2H3;1H. The zero-order valence-electron chi connectivity index (χ0n) is 25.1. The van der Waals surface area contributed by atoms with Crippen LogP contribution >= 0.6 is 0 Å². The van der Waals surface area contributed by atoms with Crippen LogP contribution in [0.2, 0.25) is 0 Å². The van der Waals surface area contributed by atoms with E-state index in [1.54, 1.807) is 0 Å². The van der Waals surface area contributed by atoms with Crippen LogP contribution in [0.25, 0.3) is 0 Å². The van der Waals surface area contributed by atoms with Crippen molar-refractivity contribution in [3.8, 4) is 0 Å². The van der Waals surface area contributed by atoms with Gasteiger partial charge in [-0.1, -0.05) is 109 Å². The first kappa shape index (κ1) is 38.1. The summed E-state index contributed by atoms with van der Waals surface area (Å²) in [5.74, 6) is 0. The van der Waals surface area contributed by atoms with E-state index in [2.05, 4.69) is 12.2 Å². The molecule has 0 radical (unpaired) electrons. The number of hydrogen-bond donors (Lipinski definition) is 1. The zero-order valence-corrected chi connectivity index (χ0v) is 26.7. The fourth-order valence-corrected chi connectivity index (χ4v) is 4.29. The Labute approximate surface area is 253 Å². The van der Waals surface area contributed by atoms with Gasteiger partial charge in [-0.05, 0) is 6.42 Å². The largest absolute Gasteiger partial charge is 1.00 e. The van der Waals surface area contributed by atoms with Gasteiger partial charge in [0.2, 0.25) is 0 Å². The number of carbonyl (C=O) groups excluding carboxylic acids is 2. The Kier molecular flexibility index (Phi) is 27.3. The molecule has 0 spiro atoms. The smallest absolute Gasteiger partial charge is 0.508 e. The molecule has 1 amide bonds. The number of halogens is 1. The number of nitrogens with one attached hydrogen (secondary N) is 1. The summed E-state index contributed by atoms with van der Waals surface area (Å²) >= 11 is 0. The van der Waals surface area contributed by atoms with Crippen LogP contribution in [0.5, 0.6) is 0 Å². The number of ether oxygens (including phenoxy) is 4. The molecular formula is C31H55BrN2O6. The van der Waals surface area contributed by atoms with Crippen molar-refractivity contribution in [3.05, 3.63) is 30.6 Å². The second-order valence-electron chi connectivity index (χ2n) is 10.2. The van der Waals surface area contributed by atoms with Crippen molar-refractivity contribution < 1.29 is 50.1 Å². The molecule has 1 aromatic heterocycles. The second-order valence-corrected chi connectivity index (χ2v) is 10.2. The molecule has 9 heteroatoms. The van der Waals surface area contributed by atoms with E-state index in [0.717, 1.165) is 12.8 Å². The summed E-state index contributed by atoms with van der Waals surface area (Å²) in [6.45, 7) is 3.54. The van der Waals surface area contributed by atoms with Crippen LogP contribution in [0.15, 0.2) is 30.6 Å². The van der Waals surface area contributed by atoms with Gasteiger partial charge in [0.1, 0.15) is 19.3 Å². The quantitative estimate of drug-likeness (QED) is 0.0993. The molecule has 1 aromatic rings. The van der Waals surface area contributed by atoms with Crippen molar-refractivity contribution in [3.63, 3.8) is 0 Å². The second kappa shape index (κ2) is 28.7. The van der Waals surface area contributed by atoms with Gasteiger partial charge in [-0.3, -0.25) is 0 Å². The Bertz CT molecular complexity index is 710. The predicted molar refractivity (Wildman–Crippen MR) is 154 cm³/mol. The van der Waals surface area contributed by atoms with E-state index in [1.165, 1.54) is 97.0 Å². The van der Waals surface area contributed by atoms with E-state index in [9.17, 15) is 9.59 Å². The monoisotopic (exact) mass is 630 g/mol. The van der Waals surface area contributed by atoms with Crippen molar-refractivity contribution in [2.75, 3.05) is 33.5 Å². The van der Waals surface area contributed by atoms with E-state index in [1.807, 2.05) is 35.2 Å². The van der Waals surface area contributed by atoms with Crippen LogP contribution in [-0.2, 0) is 25.5 Å². The SMILES string of the molecule is CCCCCCCCCCCCCCCCCCNC(=O)OCC(COC(=O)OCC[n+]1ccccc1)OC.[Br-]. The number of amides is 1. The third-order valence-electron chi connectivity index (χ3n) is 6.77. The van der Waals surface area contributed by atoms with Gasteiger partial charge < -0.3 is 41.2 Å². The number of hydrogen-bond acceptors (Lipinski definition) is 6. The summed E-state index contributed by atoms with van der Waals surface area (Å²) in [4.78, 5) is 23.7. The molecule has 1 unspecified atom stereocenters. The molecule has 0 aliphatic heterocycles. The molecular weight excluding hydrogens is 576 g/mol. The minimum Gasteiger partial charge on any atom is -1.00 e. The lowest BCUT2D eigenvalue weighted by Crippen LogP contribution is -3.00. The molecule has 1 N–H and O–H groups in total. The van der Waals surface area contributed by atoms with E-state index >= 15 is 0 Å². The Morgan fingerprint density at radius 2 is 1.20 bits per heavy atom. The lowest BCUT2D eigenvalue weighted by atomic mass is 10.0. The van der Waals surface area contributed by atoms with Crippen molar-refractivity contribution in [2.45, 2.75) is 122 Å². The van der Waals surface area contributed by atoms with Crippen molar-refractivity contribution in [2.24, 2.45) is 0 Å². The summed E-state index contributed by atoms with van der Waals surface area (Å²) < 4.78 is 22.4. The molecule has 0 fully saturated rings. The van der Waals surface area contributed by atoms with Crippen LogP contribution in [0, 0.1) is 0 Å². The van der Waals surface area contributed by atoms with E-state index in [0.29, 0.717) is 13.1 Å². The van der Waals surface area contributed by atoms with Crippen LogP contribution in [0.4, 0.5) is 9.59 Å². The van der Waals surface area contributed by atoms with Gasteiger partial charge >= 0.3 is 12.2 Å². The molecule has 0 aliphatic rings. The van der Waals surface area contributed by atoms with E-state index < -0.39 is 18.4 Å². The number of aromatic nitrogens is 1. The highest BCUT2D eigenvalue weighted by molar-refractivity contribution is 5.67. The number of alkyl carbamates (subject to hydrolysis) is 1. The van der Waals surface area contributed by atoms with Crippen LogP contribution in [-0.4, -0.2) is 51.8 Å². The van der Waals surface area contributed by atoms with Gasteiger partial charge in [0.25, 0.3) is 0 Å². The summed E-state index contributed by atoms with van der Waals surface area (Å²) in [6.07, 6.45) is 23.1. The first-order valence-electron chi connectivity index (χ1n) is 15.3. The highest BCUT2D eigenvalue weighted by Crippen LogP contribution is 2.13. The van der Waals surface area contributed by atoms with Crippen LogP contribution in [0.3, 0.4) is 0 Å². The van der Waals surface area contributed by atoms with Gasteiger partial charge in [-0.25, -0.2) is 14.2 Å². The van der Waals surface area contributed by atoms with Gasteiger partial charge in [0.05, 0.1) is 0 Å². The number of unbranched alkanes of at least 4 members (excludes halogenated alkanes) is 15. The fraction of sp³-hybridized carbons (Fsp3) is 0.774. The topological polar surface area (TPSA) is 87.0 Å². The van der Waals surface area contributed by atoms with E-state index in [-0.39, 0.29) is 36.8 Å². The minimum atomic E-state index is -0.776. The van der Waals surface area contributed by atoms with E-state index in [4.69, 9.17) is 18.9 Å². The summed E-state index contributed by atoms with van der Waals surface area (Å²) in [5.41, 5.74) is 0. The predicted octanol–water partition coefficient (Wildman–Crippen LogP) is 4.13. The number of methoxy groups -OCH3 is 1. The fourth-order valence-electron chi connectivity index (χ4n) is 4.29. The Morgan fingerprint density at radius 1 is 0.700 bits per heavy atom. The molecule has 0 saturated heterocycles. The zero-order chi connectivity index (χ0) is 28.2. The maximum absolute atomic E-state index is 11.9. The lowest BCUT2D eigenvalue weighted by Gasteiger charge is -2.15. The molecule has 1 rings (SSSR count). The maximum Gasteiger partial charge on any atom is 0.508 e. The molecule has 0 bridgehead atoms. The molecule has 1 atom stereocenters. The van der Waals surface area contributed by atoms with Crippen molar-refractivity contribution in [1.29, 1.82) is 0 Å². The number of rotatable bonds is 25. The van der Waals surface area contributed by atoms with Gasteiger partial charge in [-0.2, -0.15) is 0 Å². The maximum atomic E-state index is 11.9. The van der Waals surface area contributed by atoms with Crippen LogP contribution in [0.1, 0.15) is 110 Å². The highest BCUT2D eigenvalue weighted by Gasteiger charge is 2.15. The normalized spacial score (nSPS) is 11.3. The molecule has 0 aromatic carbocycles. The lowest BCUT2D eigenvalue weighted by molar-refractivity contribution is -0.698. The summed E-state index contributed by atoms with van der Waals surface area (Å²) in [7, 11) is 1.48. The first-order valence-corrected chi connectivity index (χ1v) is 15.3.